The van der Waals surface area contributed by atoms with Crippen molar-refractivity contribution in [2.45, 2.75) is 26.3 Å². The number of benzene rings is 1. The van der Waals surface area contributed by atoms with E-state index >= 15 is 0 Å². The molecule has 0 aliphatic carbocycles. The van der Waals surface area contributed by atoms with Crippen LogP contribution in [-0.2, 0) is 35.0 Å². The van der Waals surface area contributed by atoms with E-state index in [1.807, 2.05) is 30.3 Å². The summed E-state index contributed by atoms with van der Waals surface area (Å²) in [6.45, 7) is 6.89. The number of nitrogens with one attached hydrogen (secondary N) is 1. The molecule has 1 aromatic rings. The molecule has 0 radical (unpaired) electrons. The molecule has 0 heterocycles. The summed E-state index contributed by atoms with van der Waals surface area (Å²) in [6, 6.07) is 8.81. The number of hydrogen-bond donors (Lipinski definition) is 1. The molecular weight excluding hydrogens is 350 g/mol. The molecule has 0 aliphatic rings. The predicted molar refractivity (Wildman–Crippen MR) is 99.8 cm³/mol. The highest BCUT2D eigenvalue weighted by atomic mass is 16.6. The van der Waals surface area contributed by atoms with Gasteiger partial charge in [0.25, 0.3) is 0 Å². The maximum absolute atomic E-state index is 12.4. The lowest BCUT2D eigenvalue weighted by molar-refractivity contribution is -0.152. The molecule has 148 valence electrons. The lowest BCUT2D eigenvalue weighted by atomic mass is 10.0. The molecule has 0 aromatic heterocycles. The molecule has 0 saturated heterocycles. The van der Waals surface area contributed by atoms with E-state index in [9.17, 15) is 14.4 Å². The highest BCUT2D eigenvalue weighted by Crippen LogP contribution is 2.06. The number of ether oxygens (including phenoxy) is 3. The van der Waals surface area contributed by atoms with Crippen LogP contribution in [0.1, 0.15) is 19.4 Å². The van der Waals surface area contributed by atoms with Crippen LogP contribution in [0.2, 0.25) is 0 Å². The van der Waals surface area contributed by atoms with E-state index in [2.05, 4.69) is 11.9 Å². The van der Waals surface area contributed by atoms with Gasteiger partial charge in [0.1, 0.15) is 19.3 Å². The molecule has 7 nitrogen and oxygen atoms in total. The molecule has 2 atom stereocenters. The molecule has 0 fully saturated rings. The zero-order valence-corrected chi connectivity index (χ0v) is 16.0. The van der Waals surface area contributed by atoms with Gasteiger partial charge in [-0.2, -0.15) is 0 Å². The summed E-state index contributed by atoms with van der Waals surface area (Å²) >= 11 is 0. The van der Waals surface area contributed by atoms with E-state index in [1.54, 1.807) is 6.92 Å². The third-order valence-electron chi connectivity index (χ3n) is 3.75. The van der Waals surface area contributed by atoms with Crippen LogP contribution in [0.5, 0.6) is 0 Å². The smallest absolute Gasteiger partial charge is 0.333 e. The molecule has 2 unspecified atom stereocenters. The fraction of sp³-hybridized carbons (Fsp3) is 0.450. The lowest BCUT2D eigenvalue weighted by Gasteiger charge is -2.19. The van der Waals surface area contributed by atoms with Crippen molar-refractivity contribution < 1.29 is 28.6 Å². The van der Waals surface area contributed by atoms with Crippen molar-refractivity contribution in [3.05, 3.63) is 48.0 Å². The Hall–Kier alpha value is -2.67. The van der Waals surface area contributed by atoms with Crippen LogP contribution in [0.25, 0.3) is 0 Å². The van der Waals surface area contributed by atoms with Gasteiger partial charge in [0.2, 0.25) is 0 Å². The molecule has 27 heavy (non-hydrogen) atoms. The predicted octanol–water partition coefficient (Wildman–Crippen LogP) is 1.66. The van der Waals surface area contributed by atoms with Crippen LogP contribution in [0.4, 0.5) is 0 Å². The van der Waals surface area contributed by atoms with Crippen molar-refractivity contribution in [1.29, 1.82) is 0 Å². The normalized spacial score (nSPS) is 12.6. The Morgan fingerprint density at radius 2 is 1.70 bits per heavy atom. The third kappa shape index (κ3) is 8.50. The molecule has 1 aromatic carbocycles. The second kappa shape index (κ2) is 11.9. The van der Waals surface area contributed by atoms with E-state index in [0.29, 0.717) is 6.42 Å². The first-order valence-corrected chi connectivity index (χ1v) is 8.69. The molecule has 0 saturated carbocycles. The van der Waals surface area contributed by atoms with Crippen LogP contribution in [0, 0.1) is 5.92 Å². The summed E-state index contributed by atoms with van der Waals surface area (Å²) in [4.78, 5) is 35.3. The SMILES string of the molecule is C=C(C)C(=O)OCCOC(=O)C(Cc1ccccc1)NCC(C)C(=O)OC. The highest BCUT2D eigenvalue weighted by molar-refractivity contribution is 5.86. The maximum Gasteiger partial charge on any atom is 0.333 e. The minimum absolute atomic E-state index is 0.0476. The van der Waals surface area contributed by atoms with Gasteiger partial charge in [-0.3, -0.25) is 9.59 Å². The molecule has 0 aliphatic heterocycles. The van der Waals surface area contributed by atoms with E-state index in [0.717, 1.165) is 5.56 Å². The van der Waals surface area contributed by atoms with Gasteiger partial charge in [-0.1, -0.05) is 43.8 Å². The van der Waals surface area contributed by atoms with Crippen LogP contribution in [0.15, 0.2) is 42.5 Å². The molecule has 1 rings (SSSR count). The monoisotopic (exact) mass is 377 g/mol. The van der Waals surface area contributed by atoms with Gasteiger partial charge < -0.3 is 19.5 Å². The molecule has 7 heteroatoms. The summed E-state index contributed by atoms with van der Waals surface area (Å²) < 4.78 is 14.8. The van der Waals surface area contributed by atoms with E-state index in [4.69, 9.17) is 14.2 Å². The second-order valence-electron chi connectivity index (χ2n) is 6.16. The molecule has 0 spiro atoms. The number of methoxy groups -OCH3 is 1. The second-order valence-corrected chi connectivity index (χ2v) is 6.16. The van der Waals surface area contributed by atoms with Crippen LogP contribution in [0.3, 0.4) is 0 Å². The minimum Gasteiger partial charge on any atom is -0.469 e. The topological polar surface area (TPSA) is 90.9 Å². The highest BCUT2D eigenvalue weighted by Gasteiger charge is 2.23. The van der Waals surface area contributed by atoms with Gasteiger partial charge in [-0.25, -0.2) is 4.79 Å². The third-order valence-corrected chi connectivity index (χ3v) is 3.75. The summed E-state index contributed by atoms with van der Waals surface area (Å²) in [6.07, 6.45) is 0.402. The number of hydrogen-bond acceptors (Lipinski definition) is 7. The largest absolute Gasteiger partial charge is 0.469 e. The van der Waals surface area contributed by atoms with Crippen molar-refractivity contribution in [2.24, 2.45) is 5.92 Å². The number of carbonyl (C=O) groups is 3. The quantitative estimate of drug-likeness (QED) is 0.271. The average Bonchev–Trinajstić information content (AvgIpc) is 2.67. The summed E-state index contributed by atoms with van der Waals surface area (Å²) in [5.74, 6) is -1.78. The number of rotatable bonds is 11. The van der Waals surface area contributed by atoms with Crippen molar-refractivity contribution >= 4 is 17.9 Å². The Morgan fingerprint density at radius 3 is 2.30 bits per heavy atom. The van der Waals surface area contributed by atoms with Gasteiger partial charge in [0.15, 0.2) is 0 Å². The van der Waals surface area contributed by atoms with Crippen molar-refractivity contribution in [3.63, 3.8) is 0 Å². The number of carbonyl (C=O) groups excluding carboxylic acids is 3. The lowest BCUT2D eigenvalue weighted by Crippen LogP contribution is -2.43. The summed E-state index contributed by atoms with van der Waals surface area (Å²) in [5, 5.41) is 3.05. The first kappa shape index (κ1) is 22.4. The van der Waals surface area contributed by atoms with Crippen molar-refractivity contribution in [1.82, 2.24) is 5.32 Å². The van der Waals surface area contributed by atoms with Gasteiger partial charge >= 0.3 is 17.9 Å². The van der Waals surface area contributed by atoms with Gasteiger partial charge in [-0.05, 0) is 18.9 Å². The first-order chi connectivity index (χ1) is 12.8. The molecule has 0 amide bonds. The summed E-state index contributed by atoms with van der Waals surface area (Å²) in [7, 11) is 1.32. The summed E-state index contributed by atoms with van der Waals surface area (Å²) in [5.41, 5.74) is 1.23. The average molecular weight is 377 g/mol. The minimum atomic E-state index is -0.642. The van der Waals surface area contributed by atoms with E-state index in [1.165, 1.54) is 14.0 Å². The van der Waals surface area contributed by atoms with Gasteiger partial charge in [0.05, 0.1) is 13.0 Å². The molecular formula is C20H27NO6. The standard InChI is InChI=1S/C20H27NO6/c1-14(2)18(22)26-10-11-27-20(24)17(12-16-8-6-5-7-9-16)21-13-15(3)19(23)25-4/h5-9,15,17,21H,1,10-13H2,2-4H3. The van der Waals surface area contributed by atoms with Crippen LogP contribution >= 0.6 is 0 Å². The van der Waals surface area contributed by atoms with Crippen LogP contribution in [-0.4, -0.2) is 50.8 Å². The zero-order valence-electron chi connectivity index (χ0n) is 16.0. The molecule has 1 N–H and O–H groups in total. The first-order valence-electron chi connectivity index (χ1n) is 8.69. The maximum atomic E-state index is 12.4. The van der Waals surface area contributed by atoms with Gasteiger partial charge in [0, 0.05) is 12.1 Å². The van der Waals surface area contributed by atoms with Crippen LogP contribution < -0.4 is 5.32 Å². The Labute approximate surface area is 159 Å². The van der Waals surface area contributed by atoms with E-state index < -0.39 is 23.9 Å². The fourth-order valence-electron chi connectivity index (χ4n) is 2.19. The number of esters is 3. The molecule has 0 bridgehead atoms. The van der Waals surface area contributed by atoms with Gasteiger partial charge in [-0.15, -0.1) is 0 Å². The Balaban J connectivity index is 2.60. The fourth-order valence-corrected chi connectivity index (χ4v) is 2.19. The van der Waals surface area contributed by atoms with Crippen molar-refractivity contribution in [2.75, 3.05) is 26.9 Å². The Kier molecular flexibility index (Phi) is 9.82. The van der Waals surface area contributed by atoms with Crippen molar-refractivity contribution in [3.8, 4) is 0 Å². The van der Waals surface area contributed by atoms with E-state index in [-0.39, 0.29) is 31.3 Å². The Bertz CT molecular complexity index is 643. The zero-order chi connectivity index (χ0) is 20.2. The Morgan fingerprint density at radius 1 is 1.07 bits per heavy atom.